The minimum absolute atomic E-state index is 0.161. The zero-order valence-corrected chi connectivity index (χ0v) is 12.1. The number of aliphatic hydroxyl groups excluding tert-OH is 4. The van der Waals surface area contributed by atoms with Crippen molar-refractivity contribution in [3.8, 4) is 0 Å². The lowest BCUT2D eigenvalue weighted by Crippen LogP contribution is -2.44. The van der Waals surface area contributed by atoms with Gasteiger partial charge in [0.05, 0.1) is 11.2 Å². The molecule has 0 aromatic carbocycles. The van der Waals surface area contributed by atoms with Crippen molar-refractivity contribution < 1.29 is 20.4 Å². The third kappa shape index (κ3) is 6.88. The molecule has 0 aliphatic carbocycles. The summed E-state index contributed by atoms with van der Waals surface area (Å²) in [6, 6.07) is 0. The molecule has 0 aromatic rings. The predicted octanol–water partition coefficient (Wildman–Crippen LogP) is 0.674. The summed E-state index contributed by atoms with van der Waals surface area (Å²) in [6.45, 7) is 3.57. The summed E-state index contributed by atoms with van der Waals surface area (Å²) >= 11 is 3.17. The van der Waals surface area contributed by atoms with Gasteiger partial charge in [-0.2, -0.15) is 0 Å². The van der Waals surface area contributed by atoms with Gasteiger partial charge in [-0.3, -0.25) is 0 Å². The molecular formula is C11H24O4S2. The Morgan fingerprint density at radius 3 is 1.71 bits per heavy atom. The Bertz CT molecular complexity index is 175. The second-order valence-corrected chi connectivity index (χ2v) is 6.64. The number of aliphatic hydroxyl groups is 4. The van der Waals surface area contributed by atoms with Crippen LogP contribution in [0.4, 0.5) is 0 Å². The van der Waals surface area contributed by atoms with Gasteiger partial charge in [-0.25, -0.2) is 0 Å². The van der Waals surface area contributed by atoms with Gasteiger partial charge in [-0.1, -0.05) is 13.8 Å². The Balaban J connectivity index is 4.32. The molecule has 0 aliphatic rings. The maximum absolute atomic E-state index is 9.97. The molecular weight excluding hydrogens is 260 g/mol. The monoisotopic (exact) mass is 284 g/mol. The molecule has 4 nitrogen and oxygen atoms in total. The van der Waals surface area contributed by atoms with Crippen molar-refractivity contribution in [3.63, 3.8) is 0 Å². The van der Waals surface area contributed by atoms with Gasteiger partial charge < -0.3 is 20.4 Å². The van der Waals surface area contributed by atoms with Crippen LogP contribution in [0.25, 0.3) is 0 Å². The molecule has 0 radical (unpaired) electrons. The fourth-order valence-electron chi connectivity index (χ4n) is 1.21. The predicted molar refractivity (Wildman–Crippen MR) is 74.4 cm³/mol. The first-order valence-corrected chi connectivity index (χ1v) is 8.06. The Kier molecular flexibility index (Phi) is 10.8. The highest BCUT2D eigenvalue weighted by Gasteiger charge is 2.31. The van der Waals surface area contributed by atoms with E-state index in [2.05, 4.69) is 13.8 Å². The van der Waals surface area contributed by atoms with Crippen LogP contribution < -0.4 is 0 Å². The number of thioether (sulfide) groups is 2. The smallest absolute Gasteiger partial charge is 0.110 e. The molecule has 0 rings (SSSR count). The Hall–Kier alpha value is 0.540. The highest BCUT2D eigenvalue weighted by atomic mass is 32.2. The van der Waals surface area contributed by atoms with Crippen LogP contribution >= 0.6 is 23.5 Å². The van der Waals surface area contributed by atoms with E-state index < -0.39 is 24.9 Å². The Morgan fingerprint density at radius 1 is 0.882 bits per heavy atom. The molecule has 6 heteroatoms. The third-order valence-electron chi connectivity index (χ3n) is 2.18. The van der Waals surface area contributed by atoms with Crippen molar-refractivity contribution in [2.75, 3.05) is 18.1 Å². The van der Waals surface area contributed by atoms with Gasteiger partial charge in [0, 0.05) is 0 Å². The lowest BCUT2D eigenvalue weighted by Gasteiger charge is -2.28. The molecule has 0 amide bonds. The topological polar surface area (TPSA) is 80.9 Å². The molecule has 0 saturated carbocycles. The summed E-state index contributed by atoms with van der Waals surface area (Å²) in [6.07, 6.45) is -1.60. The van der Waals surface area contributed by atoms with Crippen LogP contribution in [0.1, 0.15) is 26.7 Å². The minimum Gasteiger partial charge on any atom is -0.394 e. The maximum Gasteiger partial charge on any atom is 0.110 e. The molecule has 17 heavy (non-hydrogen) atoms. The van der Waals surface area contributed by atoms with Gasteiger partial charge in [0.15, 0.2) is 0 Å². The van der Waals surface area contributed by atoms with Crippen molar-refractivity contribution >= 4 is 23.5 Å². The first-order valence-electron chi connectivity index (χ1n) is 5.96. The first-order chi connectivity index (χ1) is 8.08. The van der Waals surface area contributed by atoms with Gasteiger partial charge >= 0.3 is 0 Å². The molecule has 3 atom stereocenters. The number of rotatable bonds is 10. The molecule has 0 spiro atoms. The van der Waals surface area contributed by atoms with E-state index in [4.69, 9.17) is 5.11 Å². The minimum atomic E-state index is -1.29. The standard InChI is InChI=1S/C11H24O4S2/c1-3-5-16-11(17-6-4-2)10(15)9(14)8(13)7-12/h8-15H,3-7H2,1-2H3/t8-,9+,10+/m1/s1. The van der Waals surface area contributed by atoms with E-state index in [0.29, 0.717) is 0 Å². The van der Waals surface area contributed by atoms with Crippen molar-refractivity contribution in [2.45, 2.75) is 49.6 Å². The van der Waals surface area contributed by atoms with Crippen molar-refractivity contribution in [3.05, 3.63) is 0 Å². The highest BCUT2D eigenvalue weighted by molar-refractivity contribution is 8.17. The van der Waals surface area contributed by atoms with Crippen molar-refractivity contribution in [1.29, 1.82) is 0 Å². The lowest BCUT2D eigenvalue weighted by molar-refractivity contribution is -0.0706. The summed E-state index contributed by atoms with van der Waals surface area (Å²) in [5, 5.41) is 37.7. The first kappa shape index (κ1) is 17.5. The van der Waals surface area contributed by atoms with Crippen LogP contribution in [0.2, 0.25) is 0 Å². The van der Waals surface area contributed by atoms with E-state index in [1.54, 1.807) is 23.5 Å². The van der Waals surface area contributed by atoms with Crippen LogP contribution in [0.3, 0.4) is 0 Å². The fourth-order valence-corrected chi connectivity index (χ4v) is 3.82. The highest BCUT2D eigenvalue weighted by Crippen LogP contribution is 2.30. The summed E-state index contributed by atoms with van der Waals surface area (Å²) in [4.78, 5) is 0. The normalized spacial score (nSPS) is 17.1. The van der Waals surface area contributed by atoms with Gasteiger partial charge in [0.1, 0.15) is 18.3 Å². The van der Waals surface area contributed by atoms with Gasteiger partial charge in [0.2, 0.25) is 0 Å². The lowest BCUT2D eigenvalue weighted by atomic mass is 10.1. The van der Waals surface area contributed by atoms with E-state index in [9.17, 15) is 15.3 Å². The Labute approximate surface area is 112 Å². The summed E-state index contributed by atoms with van der Waals surface area (Å²) in [7, 11) is 0. The molecule has 0 unspecified atom stereocenters. The third-order valence-corrected chi connectivity index (χ3v) is 5.50. The van der Waals surface area contributed by atoms with E-state index in [-0.39, 0.29) is 4.58 Å². The van der Waals surface area contributed by atoms with Crippen LogP contribution in [-0.4, -0.2) is 61.4 Å². The molecule has 0 bridgehead atoms. The van der Waals surface area contributed by atoms with Gasteiger partial charge in [-0.05, 0) is 24.3 Å². The second kappa shape index (κ2) is 10.5. The molecule has 0 aliphatic heterocycles. The zero-order chi connectivity index (χ0) is 13.3. The molecule has 0 heterocycles. The quantitative estimate of drug-likeness (QED) is 0.442. The van der Waals surface area contributed by atoms with E-state index >= 15 is 0 Å². The maximum atomic E-state index is 9.97. The molecule has 0 saturated heterocycles. The average molecular weight is 284 g/mol. The van der Waals surface area contributed by atoms with Crippen LogP contribution in [0.15, 0.2) is 0 Å². The summed E-state index contributed by atoms with van der Waals surface area (Å²) < 4.78 is -0.161. The van der Waals surface area contributed by atoms with Crippen LogP contribution in [-0.2, 0) is 0 Å². The molecule has 4 N–H and O–H groups in total. The van der Waals surface area contributed by atoms with Gasteiger partial charge in [-0.15, -0.1) is 23.5 Å². The molecule has 0 aromatic heterocycles. The largest absolute Gasteiger partial charge is 0.394 e. The van der Waals surface area contributed by atoms with E-state index in [0.717, 1.165) is 24.3 Å². The van der Waals surface area contributed by atoms with Crippen molar-refractivity contribution in [1.82, 2.24) is 0 Å². The average Bonchev–Trinajstić information content (AvgIpc) is 2.36. The molecule has 0 fully saturated rings. The number of hydrogen-bond acceptors (Lipinski definition) is 6. The summed E-state index contributed by atoms with van der Waals surface area (Å²) in [5.74, 6) is 1.81. The SMILES string of the molecule is CCCSC(SCCC)[C@@H](O)[C@@H](O)[C@H](O)CO. The van der Waals surface area contributed by atoms with Crippen LogP contribution in [0.5, 0.6) is 0 Å². The molecule has 104 valence electrons. The zero-order valence-electron chi connectivity index (χ0n) is 10.5. The van der Waals surface area contributed by atoms with Crippen molar-refractivity contribution in [2.24, 2.45) is 0 Å². The van der Waals surface area contributed by atoms with Gasteiger partial charge in [0.25, 0.3) is 0 Å². The fraction of sp³-hybridized carbons (Fsp3) is 1.00. The Morgan fingerprint density at radius 2 is 1.35 bits per heavy atom. The summed E-state index contributed by atoms with van der Waals surface area (Å²) in [5.41, 5.74) is 0. The van der Waals surface area contributed by atoms with E-state index in [1.165, 1.54) is 0 Å². The number of hydrogen-bond donors (Lipinski definition) is 4. The van der Waals surface area contributed by atoms with Crippen LogP contribution in [0, 0.1) is 0 Å². The van der Waals surface area contributed by atoms with E-state index in [1.807, 2.05) is 0 Å². The second-order valence-electron chi connectivity index (χ2n) is 3.84.